The zero-order valence-corrected chi connectivity index (χ0v) is 23.8. The minimum absolute atomic E-state index is 0.0982. The van der Waals surface area contributed by atoms with E-state index in [0.29, 0.717) is 29.0 Å². The van der Waals surface area contributed by atoms with Crippen molar-refractivity contribution in [2.45, 2.75) is 17.4 Å². The third kappa shape index (κ3) is 5.87. The van der Waals surface area contributed by atoms with Crippen LogP contribution in [0.3, 0.4) is 0 Å². The fourth-order valence-corrected chi connectivity index (χ4v) is 5.20. The quantitative estimate of drug-likeness (QED) is 0.161. The highest BCUT2D eigenvalue weighted by molar-refractivity contribution is 7.98. The van der Waals surface area contributed by atoms with E-state index < -0.39 is 0 Å². The first-order chi connectivity index (χ1) is 19.9. The Morgan fingerprint density at radius 2 is 1.85 bits per heavy atom. The molecule has 4 N–H and O–H groups in total. The standard InChI is InChI=1S/C31H30N6O3S/c1-39-27-16-19(14-22-17-34-31(33)36-30(22)32)15-25(29(27)40-2)26(38)12-13-37-28(20-8-10-23(41-3)11-9-20)24-7-5-4-6-21(24)18-35-37/h4-13,15-18,28H,14H2,1-3H3,(H4,32,33,34,36)/b13-12+/t28-/m1/s1. The second-order valence-corrected chi connectivity index (χ2v) is 10.2. The highest BCUT2D eigenvalue weighted by atomic mass is 32.2. The molecule has 0 spiro atoms. The van der Waals surface area contributed by atoms with E-state index in [2.05, 4.69) is 45.4 Å². The van der Waals surface area contributed by atoms with Crippen LogP contribution >= 0.6 is 11.8 Å². The zero-order valence-electron chi connectivity index (χ0n) is 22.9. The van der Waals surface area contributed by atoms with E-state index >= 15 is 0 Å². The SMILES string of the molecule is COc1cc(Cc2cnc(N)nc2N)cc(C(=O)/C=C/N2N=Cc3ccccc3[C@H]2c2ccc(SC)cc2)c1OC. The van der Waals surface area contributed by atoms with Crippen LogP contribution in [0.15, 0.2) is 89.1 Å². The summed E-state index contributed by atoms with van der Waals surface area (Å²) in [6.45, 7) is 0. The minimum atomic E-state index is -0.269. The first kappa shape index (κ1) is 27.7. The van der Waals surface area contributed by atoms with Crippen molar-refractivity contribution in [1.29, 1.82) is 0 Å². The molecule has 9 nitrogen and oxygen atoms in total. The maximum Gasteiger partial charge on any atom is 0.221 e. The van der Waals surface area contributed by atoms with Crippen molar-refractivity contribution < 1.29 is 14.3 Å². The molecule has 0 saturated heterocycles. The summed E-state index contributed by atoms with van der Waals surface area (Å²) in [5, 5.41) is 6.47. The van der Waals surface area contributed by atoms with Crippen molar-refractivity contribution >= 4 is 35.5 Å². The van der Waals surface area contributed by atoms with Gasteiger partial charge in [-0.25, -0.2) is 4.98 Å². The molecule has 1 aliphatic heterocycles. The number of anilines is 2. The number of nitrogens with zero attached hydrogens (tertiary/aromatic N) is 4. The van der Waals surface area contributed by atoms with E-state index in [1.54, 1.807) is 47.5 Å². The molecule has 0 unspecified atom stereocenters. The highest BCUT2D eigenvalue weighted by Gasteiger charge is 2.26. The van der Waals surface area contributed by atoms with Gasteiger partial charge >= 0.3 is 0 Å². The van der Waals surface area contributed by atoms with Crippen LogP contribution in [0.1, 0.15) is 44.2 Å². The molecule has 1 atom stereocenters. The predicted octanol–water partition coefficient (Wildman–Crippen LogP) is 5.11. The Hall–Kier alpha value is -4.83. The van der Waals surface area contributed by atoms with Gasteiger partial charge in [0.2, 0.25) is 5.95 Å². The van der Waals surface area contributed by atoms with Gasteiger partial charge in [-0.3, -0.25) is 9.80 Å². The summed E-state index contributed by atoms with van der Waals surface area (Å²) in [7, 11) is 3.03. The number of hydrogen-bond donors (Lipinski definition) is 2. The Morgan fingerprint density at radius 1 is 1.07 bits per heavy atom. The average molecular weight is 567 g/mol. The molecule has 41 heavy (non-hydrogen) atoms. The number of benzene rings is 3. The fourth-order valence-electron chi connectivity index (χ4n) is 4.79. The fraction of sp³-hybridized carbons (Fsp3) is 0.161. The number of aromatic nitrogens is 2. The lowest BCUT2D eigenvalue weighted by molar-refractivity contribution is 0.104. The van der Waals surface area contributed by atoms with Crippen LogP contribution in [0.5, 0.6) is 11.5 Å². The van der Waals surface area contributed by atoms with E-state index in [9.17, 15) is 4.79 Å². The Morgan fingerprint density at radius 3 is 2.56 bits per heavy atom. The maximum atomic E-state index is 13.7. The van der Waals surface area contributed by atoms with Crippen molar-refractivity contribution in [3.63, 3.8) is 0 Å². The van der Waals surface area contributed by atoms with E-state index in [1.807, 2.05) is 24.5 Å². The number of allylic oxidation sites excluding steroid dienone is 1. The van der Waals surface area contributed by atoms with E-state index in [-0.39, 0.29) is 23.6 Å². The minimum Gasteiger partial charge on any atom is -0.493 e. The first-order valence-electron chi connectivity index (χ1n) is 12.8. The van der Waals surface area contributed by atoms with Gasteiger partial charge in [0.05, 0.1) is 26.0 Å². The molecule has 2 heterocycles. The van der Waals surface area contributed by atoms with E-state index in [0.717, 1.165) is 22.3 Å². The summed E-state index contributed by atoms with van der Waals surface area (Å²) in [6, 6.07) is 19.9. The molecule has 0 bridgehead atoms. The van der Waals surface area contributed by atoms with Crippen molar-refractivity contribution in [3.8, 4) is 11.5 Å². The smallest absolute Gasteiger partial charge is 0.221 e. The molecule has 0 amide bonds. The molecule has 1 aliphatic rings. The molecule has 0 saturated carbocycles. The maximum absolute atomic E-state index is 13.7. The number of nitrogens with two attached hydrogens (primary N) is 2. The number of hydrogen-bond acceptors (Lipinski definition) is 10. The molecule has 0 radical (unpaired) electrons. The van der Waals surface area contributed by atoms with Crippen LogP contribution in [-0.2, 0) is 6.42 Å². The lowest BCUT2D eigenvalue weighted by atomic mass is 9.93. The van der Waals surface area contributed by atoms with E-state index in [1.165, 1.54) is 25.2 Å². The number of hydrazone groups is 1. The van der Waals surface area contributed by atoms with Crippen molar-refractivity contribution in [1.82, 2.24) is 15.0 Å². The normalized spacial score (nSPS) is 14.2. The second-order valence-electron chi connectivity index (χ2n) is 9.30. The largest absolute Gasteiger partial charge is 0.493 e. The van der Waals surface area contributed by atoms with Gasteiger partial charge in [-0.05, 0) is 47.2 Å². The number of ether oxygens (including phenoxy) is 2. The number of carbonyl (C=O) groups is 1. The van der Waals surface area contributed by atoms with Crippen LogP contribution in [0.25, 0.3) is 0 Å². The number of ketones is 1. The summed E-state index contributed by atoms with van der Waals surface area (Å²) < 4.78 is 11.2. The Kier molecular flexibility index (Phi) is 8.21. The van der Waals surface area contributed by atoms with Crippen molar-refractivity contribution in [2.75, 3.05) is 31.9 Å². The molecule has 10 heteroatoms. The number of methoxy groups -OCH3 is 2. The van der Waals surface area contributed by atoms with Gasteiger partial charge in [-0.1, -0.05) is 36.4 Å². The number of nitrogen functional groups attached to an aromatic ring is 2. The lowest BCUT2D eigenvalue weighted by Crippen LogP contribution is -2.25. The molecule has 208 valence electrons. The summed E-state index contributed by atoms with van der Waals surface area (Å²) in [5.41, 5.74) is 16.7. The van der Waals surface area contributed by atoms with Crippen LogP contribution < -0.4 is 20.9 Å². The number of rotatable bonds is 9. The second kappa shape index (κ2) is 12.1. The van der Waals surface area contributed by atoms with Gasteiger partial charge in [-0.2, -0.15) is 10.1 Å². The van der Waals surface area contributed by atoms with Gasteiger partial charge in [0.15, 0.2) is 17.3 Å². The monoisotopic (exact) mass is 566 g/mol. The molecule has 0 aliphatic carbocycles. The van der Waals surface area contributed by atoms with Gasteiger partial charge in [0.1, 0.15) is 11.9 Å². The molecule has 3 aromatic carbocycles. The van der Waals surface area contributed by atoms with Crippen LogP contribution in [0.2, 0.25) is 0 Å². The molecule has 1 aromatic heterocycles. The topological polar surface area (TPSA) is 129 Å². The number of carbonyl (C=O) groups excluding carboxylic acids is 1. The zero-order chi connectivity index (χ0) is 28.9. The van der Waals surface area contributed by atoms with E-state index in [4.69, 9.17) is 20.9 Å². The van der Waals surface area contributed by atoms with Crippen LogP contribution in [-0.4, -0.2) is 47.5 Å². The first-order valence-corrected chi connectivity index (χ1v) is 14.0. The molecule has 5 rings (SSSR count). The van der Waals surface area contributed by atoms with Gasteiger partial charge in [0, 0.05) is 40.9 Å². The summed E-state index contributed by atoms with van der Waals surface area (Å²) in [5.74, 6) is 0.868. The summed E-state index contributed by atoms with van der Waals surface area (Å²) >= 11 is 1.69. The molecular weight excluding hydrogens is 536 g/mol. The number of thioether (sulfide) groups is 1. The van der Waals surface area contributed by atoms with Crippen LogP contribution in [0, 0.1) is 0 Å². The molecule has 4 aromatic rings. The highest BCUT2D eigenvalue weighted by Crippen LogP contribution is 2.36. The van der Waals surface area contributed by atoms with Gasteiger partial charge in [-0.15, -0.1) is 11.8 Å². The Bertz CT molecular complexity index is 1640. The van der Waals surface area contributed by atoms with Gasteiger partial charge in [0.25, 0.3) is 0 Å². The summed E-state index contributed by atoms with van der Waals surface area (Å²) in [6.07, 6.45) is 9.00. The Balaban J connectivity index is 1.49. The number of fused-ring (bicyclic) bond motifs is 1. The third-order valence-corrected chi connectivity index (χ3v) is 7.55. The third-order valence-electron chi connectivity index (χ3n) is 6.81. The Labute approximate surface area is 242 Å². The molecular formula is C31H30N6O3S. The van der Waals surface area contributed by atoms with Crippen molar-refractivity contribution in [3.05, 3.63) is 113 Å². The van der Waals surface area contributed by atoms with Gasteiger partial charge < -0.3 is 20.9 Å². The van der Waals surface area contributed by atoms with Crippen LogP contribution in [0.4, 0.5) is 11.8 Å². The average Bonchev–Trinajstić information content (AvgIpc) is 3.00. The molecule has 0 fully saturated rings. The van der Waals surface area contributed by atoms with Crippen molar-refractivity contribution in [2.24, 2.45) is 5.10 Å². The predicted molar refractivity (Wildman–Crippen MR) is 163 cm³/mol. The summed E-state index contributed by atoms with van der Waals surface area (Å²) in [4.78, 5) is 22.9. The lowest BCUT2D eigenvalue weighted by Gasteiger charge is -2.31.